The van der Waals surface area contributed by atoms with Crippen molar-refractivity contribution in [3.8, 4) is 0 Å². The summed E-state index contributed by atoms with van der Waals surface area (Å²) in [4.78, 5) is 31.9. The summed E-state index contributed by atoms with van der Waals surface area (Å²) >= 11 is 0. The molecule has 0 aromatic carbocycles. The molecule has 0 rings (SSSR count). The van der Waals surface area contributed by atoms with Crippen molar-refractivity contribution in [2.24, 2.45) is 0 Å². The second kappa shape index (κ2) is 73.8. The topological polar surface area (TPSA) is 59.1 Å². The Morgan fingerprint density at radius 1 is 0.267 bits per heavy atom. The fraction of sp³-hybridized carbons (Fsp3) is 0.690. The predicted molar refractivity (Wildman–Crippen MR) is 400 cm³/mol. The summed E-state index contributed by atoms with van der Waals surface area (Å²) in [6.45, 7) is 11.6. The van der Waals surface area contributed by atoms with Crippen LogP contribution in [0.2, 0.25) is 0 Å². The van der Waals surface area contributed by atoms with Crippen molar-refractivity contribution in [1.82, 2.24) is 9.80 Å². The largest absolute Gasteiger partial charge is 0.462 e. The fourth-order valence-electron chi connectivity index (χ4n) is 10.9. The molecule has 0 atom stereocenters. The average molecular weight is 1250 g/mol. The molecule has 0 aliphatic rings. The number of unbranched alkanes of at least 4 members (excludes halogenated alkanes) is 24. The van der Waals surface area contributed by atoms with E-state index in [9.17, 15) is 9.59 Å². The molecule has 0 saturated heterocycles. The van der Waals surface area contributed by atoms with Crippen LogP contribution in [-0.2, 0) is 19.1 Å². The van der Waals surface area contributed by atoms with Gasteiger partial charge in [-0.3, -0.25) is 9.59 Å². The molecule has 0 N–H and O–H groups in total. The highest BCUT2D eigenvalue weighted by Crippen LogP contribution is 2.21. The van der Waals surface area contributed by atoms with Crippen LogP contribution in [0, 0.1) is 0 Å². The van der Waals surface area contributed by atoms with Gasteiger partial charge >= 0.3 is 11.9 Å². The van der Waals surface area contributed by atoms with Crippen molar-refractivity contribution in [1.29, 1.82) is 0 Å². The lowest BCUT2D eigenvalue weighted by molar-refractivity contribution is -0.150. The number of hydrogen-bond donors (Lipinski definition) is 0. The van der Waals surface area contributed by atoms with Crippen LogP contribution in [0.5, 0.6) is 0 Å². The maximum Gasteiger partial charge on any atom is 0.307 e. The SMILES string of the molecule is CC/C=C\C/C=C\C/C=C\CCCCCCCCC(CCCCCCCC/C=C\C/C=C\C/C=C\CC)OC(=O)CCN(CCC(=O)OC(CCCCCCCC/C=C\C/C=C\C/C=C\CC)CCCCCCCC/C=C\C/C=C\C/C=C\CC)CCN(C)C. The van der Waals surface area contributed by atoms with E-state index in [1.54, 1.807) is 0 Å². The Kier molecular flexibility index (Phi) is 70.3. The molecule has 0 saturated carbocycles. The summed E-state index contributed by atoms with van der Waals surface area (Å²) in [7, 11) is 4.18. The van der Waals surface area contributed by atoms with Crippen LogP contribution in [0.15, 0.2) is 146 Å². The standard InChI is InChI=1S/C84H144N2O4/c1-7-11-15-19-23-27-31-35-39-43-47-51-55-59-63-67-71-81(72-68-64-60-56-52-48-44-40-36-32-28-24-20-16-12-8-2)89-83(87)75-77-86(80-79-85(5)6)78-76-84(88)90-82(73-69-65-61-57-53-49-45-41-37-33-29-25-21-17-13-9-3)74-70-66-62-58-54-50-46-42-38-34-30-26-22-18-14-10-4/h11-18,23-30,35-42,81-82H,7-10,19-22,31-34,43-80H2,1-6H3/b15-11-,16-12-,17-13-,18-14-,27-23-,28-24-,29-25-,30-26-,39-35-,40-36-,41-37-,42-38-. The summed E-state index contributed by atoms with van der Waals surface area (Å²) in [5.74, 6) is -0.187. The fourth-order valence-corrected chi connectivity index (χ4v) is 10.9. The Hall–Kier alpha value is -4.26. The zero-order valence-electron chi connectivity index (χ0n) is 59.9. The van der Waals surface area contributed by atoms with Crippen LogP contribution in [0.4, 0.5) is 0 Å². The molecule has 0 unspecified atom stereocenters. The van der Waals surface area contributed by atoms with Gasteiger partial charge in [0.1, 0.15) is 12.2 Å². The van der Waals surface area contributed by atoms with Crippen LogP contribution >= 0.6 is 0 Å². The minimum absolute atomic E-state index is 0.0186. The van der Waals surface area contributed by atoms with E-state index in [4.69, 9.17) is 9.47 Å². The zero-order valence-corrected chi connectivity index (χ0v) is 59.9. The van der Waals surface area contributed by atoms with E-state index >= 15 is 0 Å². The molecule has 0 aromatic rings. The van der Waals surface area contributed by atoms with Gasteiger partial charge in [0.15, 0.2) is 0 Å². The highest BCUT2D eigenvalue weighted by atomic mass is 16.5. The van der Waals surface area contributed by atoms with E-state index in [0.717, 1.165) is 167 Å². The first-order chi connectivity index (χ1) is 44.4. The van der Waals surface area contributed by atoms with Gasteiger partial charge < -0.3 is 19.3 Å². The third-order valence-electron chi connectivity index (χ3n) is 16.4. The van der Waals surface area contributed by atoms with Crippen molar-refractivity contribution >= 4 is 11.9 Å². The van der Waals surface area contributed by atoms with Crippen LogP contribution in [0.25, 0.3) is 0 Å². The summed E-state index contributed by atoms with van der Waals surface area (Å²) in [6, 6.07) is 0. The second-order valence-electron chi connectivity index (χ2n) is 25.3. The number of hydrogen-bond acceptors (Lipinski definition) is 6. The maximum absolute atomic E-state index is 13.7. The molecule has 0 heterocycles. The number of carbonyl (C=O) groups excluding carboxylic acids is 2. The van der Waals surface area contributed by atoms with Gasteiger partial charge in [0, 0.05) is 26.2 Å². The maximum atomic E-state index is 13.7. The Bertz CT molecular complexity index is 1670. The normalized spacial score (nSPS) is 13.0. The first-order valence-electron chi connectivity index (χ1n) is 37.9. The van der Waals surface area contributed by atoms with Crippen molar-refractivity contribution < 1.29 is 19.1 Å². The number of nitrogens with zero attached hydrogens (tertiary/aromatic N) is 2. The summed E-state index contributed by atoms with van der Waals surface area (Å²) < 4.78 is 12.7. The van der Waals surface area contributed by atoms with Gasteiger partial charge in [-0.05, 0) is 194 Å². The molecule has 0 bridgehead atoms. The number of allylic oxidation sites excluding steroid dienone is 24. The van der Waals surface area contributed by atoms with Crippen LogP contribution < -0.4 is 0 Å². The summed E-state index contributed by atoms with van der Waals surface area (Å²) in [5.41, 5.74) is 0. The summed E-state index contributed by atoms with van der Waals surface area (Å²) in [5, 5.41) is 0. The third kappa shape index (κ3) is 69.6. The summed E-state index contributed by atoms with van der Waals surface area (Å²) in [6.07, 6.45) is 106. The van der Waals surface area contributed by atoms with Crippen molar-refractivity contribution in [3.63, 3.8) is 0 Å². The van der Waals surface area contributed by atoms with Gasteiger partial charge in [0.2, 0.25) is 0 Å². The van der Waals surface area contributed by atoms with Gasteiger partial charge in [0.05, 0.1) is 12.8 Å². The molecule has 0 aromatic heterocycles. The quantitative estimate of drug-likeness (QED) is 0.0344. The van der Waals surface area contributed by atoms with Gasteiger partial charge in [-0.2, -0.15) is 0 Å². The van der Waals surface area contributed by atoms with Gasteiger partial charge in [-0.1, -0.05) is 276 Å². The van der Waals surface area contributed by atoms with Gasteiger partial charge in [0.25, 0.3) is 0 Å². The molecule has 0 radical (unpaired) electrons. The molecule has 0 aliphatic heterocycles. The molecule has 0 spiro atoms. The minimum atomic E-state index is -0.0933. The van der Waals surface area contributed by atoms with Crippen LogP contribution in [0.1, 0.15) is 323 Å². The van der Waals surface area contributed by atoms with E-state index in [1.807, 2.05) is 0 Å². The van der Waals surface area contributed by atoms with Gasteiger partial charge in [-0.25, -0.2) is 0 Å². The molecule has 6 nitrogen and oxygen atoms in total. The number of esters is 2. The Balaban J connectivity index is 5.36. The third-order valence-corrected chi connectivity index (χ3v) is 16.4. The van der Waals surface area contributed by atoms with Crippen molar-refractivity contribution in [3.05, 3.63) is 146 Å². The molecule has 90 heavy (non-hydrogen) atoms. The van der Waals surface area contributed by atoms with E-state index < -0.39 is 0 Å². The minimum Gasteiger partial charge on any atom is -0.462 e. The van der Waals surface area contributed by atoms with E-state index in [-0.39, 0.29) is 24.1 Å². The first kappa shape index (κ1) is 85.7. The highest BCUT2D eigenvalue weighted by molar-refractivity contribution is 5.70. The second-order valence-corrected chi connectivity index (χ2v) is 25.3. The zero-order chi connectivity index (χ0) is 65.2. The molecule has 0 aliphatic carbocycles. The smallest absolute Gasteiger partial charge is 0.307 e. The lowest BCUT2D eigenvalue weighted by Gasteiger charge is -2.25. The van der Waals surface area contributed by atoms with E-state index in [2.05, 4.69) is 197 Å². The molecule has 514 valence electrons. The predicted octanol–water partition coefficient (Wildman–Crippen LogP) is 25.4. The van der Waals surface area contributed by atoms with Crippen LogP contribution in [0.3, 0.4) is 0 Å². The Morgan fingerprint density at radius 2 is 0.478 bits per heavy atom. The first-order valence-corrected chi connectivity index (χ1v) is 37.9. The Labute approximate surface area is 559 Å². The van der Waals surface area contributed by atoms with E-state index in [0.29, 0.717) is 25.9 Å². The van der Waals surface area contributed by atoms with Crippen molar-refractivity contribution in [2.75, 3.05) is 40.3 Å². The number of likely N-dealkylation sites (N-methyl/N-ethyl adjacent to an activating group) is 1. The molecule has 0 fully saturated rings. The molecule has 0 amide bonds. The monoisotopic (exact) mass is 1250 g/mol. The van der Waals surface area contributed by atoms with Crippen LogP contribution in [-0.4, -0.2) is 74.2 Å². The molecular weight excluding hydrogens is 1100 g/mol. The molecule has 6 heteroatoms. The van der Waals surface area contributed by atoms with Gasteiger partial charge in [-0.15, -0.1) is 0 Å². The van der Waals surface area contributed by atoms with Crippen molar-refractivity contribution in [2.45, 2.75) is 335 Å². The molecular formula is C84H144N2O4. The number of rotatable bonds is 67. The number of carbonyl (C=O) groups is 2. The average Bonchev–Trinajstić information content (AvgIpc) is 3.67. The Morgan fingerprint density at radius 3 is 0.711 bits per heavy atom. The lowest BCUT2D eigenvalue weighted by Crippen LogP contribution is -2.36. The lowest BCUT2D eigenvalue weighted by atomic mass is 10.0. The van der Waals surface area contributed by atoms with E-state index in [1.165, 1.54) is 128 Å². The highest BCUT2D eigenvalue weighted by Gasteiger charge is 2.19. The number of ether oxygens (including phenoxy) is 2.